The Balaban J connectivity index is 4.28. The molecule has 0 bridgehead atoms. The molecule has 0 aliphatic carbocycles. The second-order valence-electron chi connectivity index (χ2n) is 3.44. The summed E-state index contributed by atoms with van der Waals surface area (Å²) < 4.78 is 30.4. The van der Waals surface area contributed by atoms with E-state index in [1.165, 1.54) is 7.11 Å². The zero-order valence-corrected chi connectivity index (χ0v) is 9.80. The second kappa shape index (κ2) is 6.34. The first-order valence-corrected chi connectivity index (χ1v) is 6.18. The average Bonchev–Trinajstić information content (AvgIpc) is 2.04. The molecule has 0 fully saturated rings. The molecule has 0 radical (unpaired) electrons. The highest BCUT2D eigenvalue weighted by Gasteiger charge is 2.20. The van der Waals surface area contributed by atoms with Gasteiger partial charge in [0, 0.05) is 13.2 Å². The summed E-state index contributed by atoms with van der Waals surface area (Å²) in [6, 6.07) is -0.225. The molecule has 0 rings (SSSR count). The molecular formula is C8H20N2O3S. The van der Waals surface area contributed by atoms with Gasteiger partial charge in [-0.15, -0.1) is 0 Å². The molecule has 1 atom stereocenters. The monoisotopic (exact) mass is 224 g/mol. The zero-order valence-electron chi connectivity index (χ0n) is 8.99. The number of sulfonamides is 1. The maximum atomic E-state index is 11.5. The fourth-order valence-corrected chi connectivity index (χ4v) is 1.87. The number of ether oxygens (including phenoxy) is 1. The van der Waals surface area contributed by atoms with E-state index in [9.17, 15) is 8.42 Å². The van der Waals surface area contributed by atoms with Crippen LogP contribution in [0.25, 0.3) is 0 Å². The second-order valence-corrected chi connectivity index (χ2v) is 5.71. The van der Waals surface area contributed by atoms with Crippen molar-refractivity contribution in [3.63, 3.8) is 0 Å². The van der Waals surface area contributed by atoms with Crippen LogP contribution in [0.4, 0.5) is 0 Å². The first kappa shape index (κ1) is 13.8. The van der Waals surface area contributed by atoms with Crippen LogP contribution >= 0.6 is 0 Å². The minimum Gasteiger partial charge on any atom is -0.383 e. The lowest BCUT2D eigenvalue weighted by Crippen LogP contribution is -2.42. The quantitative estimate of drug-likeness (QED) is 0.621. The molecule has 86 valence electrons. The van der Waals surface area contributed by atoms with Gasteiger partial charge in [-0.1, -0.05) is 0 Å². The van der Waals surface area contributed by atoms with Crippen molar-refractivity contribution < 1.29 is 13.2 Å². The lowest BCUT2D eigenvalue weighted by molar-refractivity contribution is 0.172. The third kappa shape index (κ3) is 4.90. The largest absolute Gasteiger partial charge is 0.383 e. The Morgan fingerprint density at radius 2 is 2.00 bits per heavy atom. The van der Waals surface area contributed by atoms with Gasteiger partial charge >= 0.3 is 0 Å². The SMILES string of the molecule is COCC(CCN)NS(=O)(=O)C(C)C. The predicted molar refractivity (Wildman–Crippen MR) is 56.5 cm³/mol. The molecule has 0 aromatic rings. The van der Waals surface area contributed by atoms with E-state index in [0.29, 0.717) is 19.6 Å². The molecule has 0 aromatic heterocycles. The molecule has 0 aliphatic rings. The summed E-state index contributed by atoms with van der Waals surface area (Å²) in [5, 5.41) is -0.431. The van der Waals surface area contributed by atoms with E-state index in [0.717, 1.165) is 0 Å². The van der Waals surface area contributed by atoms with Crippen molar-refractivity contribution in [1.29, 1.82) is 0 Å². The molecule has 0 saturated heterocycles. The Labute approximate surface area is 86.1 Å². The number of nitrogens with two attached hydrogens (primary N) is 1. The highest BCUT2D eigenvalue weighted by atomic mass is 32.2. The number of nitrogens with one attached hydrogen (secondary N) is 1. The van der Waals surface area contributed by atoms with E-state index < -0.39 is 15.3 Å². The van der Waals surface area contributed by atoms with Crippen LogP contribution < -0.4 is 10.5 Å². The summed E-state index contributed by atoms with van der Waals surface area (Å²) >= 11 is 0. The smallest absolute Gasteiger partial charge is 0.214 e. The Morgan fingerprint density at radius 3 is 2.36 bits per heavy atom. The van der Waals surface area contributed by atoms with Crippen LogP contribution in [-0.4, -0.2) is 40.0 Å². The summed E-state index contributed by atoms with van der Waals surface area (Å²) in [7, 11) is -1.69. The van der Waals surface area contributed by atoms with E-state index in [1.54, 1.807) is 13.8 Å². The standard InChI is InChI=1S/C8H20N2O3S/c1-7(2)14(11,12)10-8(4-5-9)6-13-3/h7-8,10H,4-6,9H2,1-3H3. The minimum atomic E-state index is -3.23. The molecule has 3 N–H and O–H groups in total. The number of hydrogen-bond donors (Lipinski definition) is 2. The number of rotatable bonds is 7. The van der Waals surface area contributed by atoms with Crippen LogP contribution in [0.15, 0.2) is 0 Å². The van der Waals surface area contributed by atoms with E-state index >= 15 is 0 Å². The third-order valence-corrected chi connectivity index (χ3v) is 3.74. The molecule has 0 amide bonds. The molecular weight excluding hydrogens is 204 g/mol. The Bertz CT molecular complexity index is 233. The van der Waals surface area contributed by atoms with Crippen LogP contribution in [0.1, 0.15) is 20.3 Å². The number of methoxy groups -OCH3 is 1. The van der Waals surface area contributed by atoms with Crippen LogP contribution in [0.2, 0.25) is 0 Å². The van der Waals surface area contributed by atoms with Crippen LogP contribution in [0.3, 0.4) is 0 Å². The van der Waals surface area contributed by atoms with Gasteiger partial charge in [0.15, 0.2) is 0 Å². The van der Waals surface area contributed by atoms with E-state index in [2.05, 4.69) is 4.72 Å². The van der Waals surface area contributed by atoms with Crippen LogP contribution in [0.5, 0.6) is 0 Å². The van der Waals surface area contributed by atoms with Crippen molar-refractivity contribution in [3.05, 3.63) is 0 Å². The Morgan fingerprint density at radius 1 is 1.43 bits per heavy atom. The molecule has 5 nitrogen and oxygen atoms in total. The van der Waals surface area contributed by atoms with Crippen molar-refractivity contribution in [2.24, 2.45) is 5.73 Å². The van der Waals surface area contributed by atoms with E-state index in [-0.39, 0.29) is 6.04 Å². The lowest BCUT2D eigenvalue weighted by Gasteiger charge is -2.18. The summed E-state index contributed by atoms with van der Waals surface area (Å²) in [6.07, 6.45) is 0.583. The fraction of sp³-hybridized carbons (Fsp3) is 1.00. The van der Waals surface area contributed by atoms with Crippen LogP contribution in [-0.2, 0) is 14.8 Å². The highest BCUT2D eigenvalue weighted by Crippen LogP contribution is 2.00. The Kier molecular flexibility index (Phi) is 6.26. The highest BCUT2D eigenvalue weighted by molar-refractivity contribution is 7.90. The van der Waals surface area contributed by atoms with E-state index in [1.807, 2.05) is 0 Å². The maximum absolute atomic E-state index is 11.5. The van der Waals surface area contributed by atoms with Gasteiger partial charge in [0.2, 0.25) is 10.0 Å². The summed E-state index contributed by atoms with van der Waals surface area (Å²) in [5.41, 5.74) is 5.36. The summed E-state index contributed by atoms with van der Waals surface area (Å²) in [5.74, 6) is 0. The first-order chi connectivity index (χ1) is 6.44. The lowest BCUT2D eigenvalue weighted by atomic mass is 10.2. The third-order valence-electron chi connectivity index (χ3n) is 1.83. The zero-order chi connectivity index (χ0) is 11.2. The van der Waals surface area contributed by atoms with E-state index in [4.69, 9.17) is 10.5 Å². The van der Waals surface area contributed by atoms with Crippen LogP contribution in [0, 0.1) is 0 Å². The normalized spacial score (nSPS) is 14.6. The predicted octanol–water partition coefficient (Wildman–Crippen LogP) is -0.322. The van der Waals surface area contributed by atoms with Gasteiger partial charge in [-0.25, -0.2) is 13.1 Å². The minimum absolute atomic E-state index is 0.225. The number of hydrogen-bond acceptors (Lipinski definition) is 4. The van der Waals surface area contributed by atoms with Gasteiger partial charge in [-0.2, -0.15) is 0 Å². The maximum Gasteiger partial charge on any atom is 0.214 e. The molecule has 1 unspecified atom stereocenters. The molecule has 0 aliphatic heterocycles. The molecule has 6 heteroatoms. The molecule has 0 heterocycles. The van der Waals surface area contributed by atoms with Crippen molar-refractivity contribution in [2.45, 2.75) is 31.6 Å². The average molecular weight is 224 g/mol. The molecule has 0 spiro atoms. The summed E-state index contributed by atoms with van der Waals surface area (Å²) in [4.78, 5) is 0. The van der Waals surface area contributed by atoms with Crippen molar-refractivity contribution in [2.75, 3.05) is 20.3 Å². The van der Waals surface area contributed by atoms with Crippen molar-refractivity contribution in [1.82, 2.24) is 4.72 Å². The molecule has 0 saturated carbocycles. The first-order valence-electron chi connectivity index (χ1n) is 4.64. The van der Waals surface area contributed by atoms with Gasteiger partial charge in [-0.3, -0.25) is 0 Å². The molecule has 0 aromatic carbocycles. The Hall–Kier alpha value is -0.170. The van der Waals surface area contributed by atoms with Gasteiger partial charge in [0.05, 0.1) is 11.9 Å². The fourth-order valence-electron chi connectivity index (χ4n) is 0.947. The van der Waals surface area contributed by atoms with Gasteiger partial charge < -0.3 is 10.5 Å². The summed E-state index contributed by atoms with van der Waals surface area (Å²) in [6.45, 7) is 4.06. The van der Waals surface area contributed by atoms with Crippen molar-refractivity contribution in [3.8, 4) is 0 Å². The van der Waals surface area contributed by atoms with Gasteiger partial charge in [0.1, 0.15) is 0 Å². The molecule has 14 heavy (non-hydrogen) atoms. The topological polar surface area (TPSA) is 81.4 Å². The van der Waals surface area contributed by atoms with Gasteiger partial charge in [-0.05, 0) is 26.8 Å². The van der Waals surface area contributed by atoms with Gasteiger partial charge in [0.25, 0.3) is 0 Å². The van der Waals surface area contributed by atoms with Crippen molar-refractivity contribution >= 4 is 10.0 Å².